The molecule has 0 aliphatic rings. The fourth-order valence-corrected chi connectivity index (χ4v) is 1.98. The first-order chi connectivity index (χ1) is 7.08. The van der Waals surface area contributed by atoms with E-state index in [0.29, 0.717) is 15.8 Å². The van der Waals surface area contributed by atoms with Crippen LogP contribution in [0, 0.1) is 0 Å². The minimum Gasteiger partial charge on any atom is -0.495 e. The Morgan fingerprint density at radius 2 is 2.00 bits per heavy atom. The smallest absolute Gasteiger partial charge is 0.142 e. The molecule has 0 unspecified atom stereocenters. The molecule has 0 bridgehead atoms. The summed E-state index contributed by atoms with van der Waals surface area (Å²) >= 11 is 12.0. The number of methoxy groups -OCH3 is 1. The number of nitrogens with zero attached hydrogens (tertiary/aromatic N) is 1. The Hall–Kier alpha value is -0.440. The fraction of sp³-hybridized carbons (Fsp3) is 0.455. The van der Waals surface area contributed by atoms with E-state index in [2.05, 4.69) is 11.8 Å². The lowest BCUT2D eigenvalue weighted by atomic mass is 10.2. The summed E-state index contributed by atoms with van der Waals surface area (Å²) in [7, 11) is 3.65. The summed E-state index contributed by atoms with van der Waals surface area (Å²) in [6.45, 7) is 3.84. The van der Waals surface area contributed by atoms with E-state index in [1.54, 1.807) is 13.2 Å². The van der Waals surface area contributed by atoms with Gasteiger partial charge in [-0.2, -0.15) is 0 Å². The largest absolute Gasteiger partial charge is 0.495 e. The number of rotatable bonds is 4. The van der Waals surface area contributed by atoms with Crippen LogP contribution in [0.1, 0.15) is 12.5 Å². The van der Waals surface area contributed by atoms with E-state index >= 15 is 0 Å². The van der Waals surface area contributed by atoms with Crippen LogP contribution in [0.2, 0.25) is 10.0 Å². The van der Waals surface area contributed by atoms with Crippen LogP contribution in [0.15, 0.2) is 12.1 Å². The maximum absolute atomic E-state index is 6.03. The van der Waals surface area contributed by atoms with Gasteiger partial charge in [0.15, 0.2) is 0 Å². The van der Waals surface area contributed by atoms with Gasteiger partial charge in [-0.15, -0.1) is 0 Å². The molecule has 0 aromatic heterocycles. The van der Waals surface area contributed by atoms with Crippen LogP contribution in [-0.2, 0) is 6.54 Å². The number of halogens is 2. The molecule has 4 heteroatoms. The lowest BCUT2D eigenvalue weighted by molar-refractivity contribution is 0.333. The highest BCUT2D eigenvalue weighted by molar-refractivity contribution is 6.35. The van der Waals surface area contributed by atoms with Crippen LogP contribution < -0.4 is 4.74 Å². The minimum atomic E-state index is 0.560. The van der Waals surface area contributed by atoms with Crippen LogP contribution in [0.3, 0.4) is 0 Å². The lowest BCUT2D eigenvalue weighted by Crippen LogP contribution is -2.17. The van der Waals surface area contributed by atoms with Gasteiger partial charge in [-0.1, -0.05) is 30.1 Å². The van der Waals surface area contributed by atoms with Gasteiger partial charge in [0, 0.05) is 17.1 Å². The first-order valence-corrected chi connectivity index (χ1v) is 5.54. The molecule has 0 radical (unpaired) electrons. The maximum Gasteiger partial charge on any atom is 0.142 e. The molecule has 0 amide bonds. The zero-order chi connectivity index (χ0) is 11.4. The van der Waals surface area contributed by atoms with Crippen molar-refractivity contribution in [1.29, 1.82) is 0 Å². The van der Waals surface area contributed by atoms with Crippen LogP contribution >= 0.6 is 23.2 Å². The molecule has 84 valence electrons. The topological polar surface area (TPSA) is 12.5 Å². The molecule has 0 saturated carbocycles. The van der Waals surface area contributed by atoms with Crippen LogP contribution in [0.25, 0.3) is 0 Å². The second-order valence-electron chi connectivity index (χ2n) is 3.41. The van der Waals surface area contributed by atoms with Crippen molar-refractivity contribution in [3.05, 3.63) is 27.7 Å². The summed E-state index contributed by atoms with van der Waals surface area (Å²) < 4.78 is 5.26. The highest BCUT2D eigenvalue weighted by Crippen LogP contribution is 2.32. The van der Waals surface area contributed by atoms with E-state index in [1.165, 1.54) is 0 Å². The second-order valence-corrected chi connectivity index (χ2v) is 4.25. The molecule has 0 N–H and O–H groups in total. The monoisotopic (exact) mass is 247 g/mol. The summed E-state index contributed by atoms with van der Waals surface area (Å²) in [6.07, 6.45) is 0. The van der Waals surface area contributed by atoms with Gasteiger partial charge in [0.05, 0.1) is 12.1 Å². The van der Waals surface area contributed by atoms with Gasteiger partial charge in [-0.25, -0.2) is 0 Å². The molecule has 0 atom stereocenters. The fourth-order valence-electron chi connectivity index (χ4n) is 1.36. The SMILES string of the molecule is CCN(C)Cc1cc(Cl)cc(Cl)c1OC. The van der Waals surface area contributed by atoms with Gasteiger partial charge < -0.3 is 9.64 Å². The van der Waals surface area contributed by atoms with Crippen molar-refractivity contribution in [2.45, 2.75) is 13.5 Å². The van der Waals surface area contributed by atoms with E-state index < -0.39 is 0 Å². The normalized spacial score (nSPS) is 10.8. The zero-order valence-corrected chi connectivity index (χ0v) is 10.7. The van der Waals surface area contributed by atoms with Crippen molar-refractivity contribution in [1.82, 2.24) is 4.90 Å². The summed E-state index contributed by atoms with van der Waals surface area (Å²) in [5.41, 5.74) is 1.01. The average Bonchev–Trinajstić information content (AvgIpc) is 2.17. The molecule has 1 aromatic rings. The molecule has 2 nitrogen and oxygen atoms in total. The molecule has 15 heavy (non-hydrogen) atoms. The van der Waals surface area contributed by atoms with Crippen molar-refractivity contribution in [2.75, 3.05) is 20.7 Å². The molecule has 0 aliphatic heterocycles. The molecular formula is C11H15Cl2NO. The Bertz CT molecular complexity index is 342. The van der Waals surface area contributed by atoms with Crippen LogP contribution in [0.4, 0.5) is 0 Å². The third kappa shape index (κ3) is 3.26. The summed E-state index contributed by atoms with van der Waals surface area (Å²) in [5.74, 6) is 0.710. The van der Waals surface area contributed by atoms with Gasteiger partial charge in [0.25, 0.3) is 0 Å². The van der Waals surface area contributed by atoms with Crippen molar-refractivity contribution in [3.8, 4) is 5.75 Å². The third-order valence-electron chi connectivity index (χ3n) is 2.27. The van der Waals surface area contributed by atoms with Gasteiger partial charge in [0.1, 0.15) is 5.75 Å². The Morgan fingerprint density at radius 3 is 2.53 bits per heavy atom. The molecule has 0 aliphatic carbocycles. The van der Waals surface area contributed by atoms with E-state index in [9.17, 15) is 0 Å². The number of benzene rings is 1. The Labute approximate surface area is 101 Å². The van der Waals surface area contributed by atoms with Crippen molar-refractivity contribution < 1.29 is 4.74 Å². The molecule has 1 rings (SSSR count). The second kappa shape index (κ2) is 5.59. The summed E-state index contributed by atoms with van der Waals surface area (Å²) in [4.78, 5) is 2.16. The van der Waals surface area contributed by atoms with Gasteiger partial charge in [0.2, 0.25) is 0 Å². The van der Waals surface area contributed by atoms with Crippen LogP contribution in [-0.4, -0.2) is 25.6 Å². The first kappa shape index (κ1) is 12.6. The minimum absolute atomic E-state index is 0.560. The van der Waals surface area contributed by atoms with E-state index in [0.717, 1.165) is 18.7 Å². The van der Waals surface area contributed by atoms with Gasteiger partial charge in [-0.3, -0.25) is 0 Å². The average molecular weight is 248 g/mol. The Balaban J connectivity index is 3.03. The highest BCUT2D eigenvalue weighted by atomic mass is 35.5. The molecule has 0 saturated heterocycles. The predicted molar refractivity (Wildman–Crippen MR) is 65.0 cm³/mol. The van der Waals surface area contributed by atoms with E-state index in [-0.39, 0.29) is 0 Å². The van der Waals surface area contributed by atoms with E-state index in [1.807, 2.05) is 13.1 Å². The third-order valence-corrected chi connectivity index (χ3v) is 2.77. The highest BCUT2D eigenvalue weighted by Gasteiger charge is 2.10. The number of hydrogen-bond acceptors (Lipinski definition) is 2. The zero-order valence-electron chi connectivity index (χ0n) is 9.18. The molecule has 1 aromatic carbocycles. The quantitative estimate of drug-likeness (QED) is 0.809. The molecular weight excluding hydrogens is 233 g/mol. The summed E-state index contributed by atoms with van der Waals surface area (Å²) in [5, 5.41) is 1.20. The van der Waals surface area contributed by atoms with Gasteiger partial charge in [-0.05, 0) is 25.7 Å². The Morgan fingerprint density at radius 1 is 1.33 bits per heavy atom. The Kier molecular flexibility index (Phi) is 4.71. The first-order valence-electron chi connectivity index (χ1n) is 4.79. The van der Waals surface area contributed by atoms with Crippen molar-refractivity contribution in [2.24, 2.45) is 0 Å². The molecule has 0 spiro atoms. The van der Waals surface area contributed by atoms with Crippen molar-refractivity contribution in [3.63, 3.8) is 0 Å². The molecule has 0 heterocycles. The van der Waals surface area contributed by atoms with Crippen LogP contribution in [0.5, 0.6) is 5.75 Å². The predicted octanol–water partition coefficient (Wildman–Crippen LogP) is 3.45. The number of hydrogen-bond donors (Lipinski definition) is 0. The van der Waals surface area contributed by atoms with Crippen molar-refractivity contribution >= 4 is 23.2 Å². The summed E-state index contributed by atoms with van der Waals surface area (Å²) in [6, 6.07) is 3.58. The molecule has 0 fully saturated rings. The maximum atomic E-state index is 6.03. The van der Waals surface area contributed by atoms with E-state index in [4.69, 9.17) is 27.9 Å². The van der Waals surface area contributed by atoms with Gasteiger partial charge >= 0.3 is 0 Å². The number of ether oxygens (including phenoxy) is 1. The lowest BCUT2D eigenvalue weighted by Gasteiger charge is -2.17. The standard InChI is InChI=1S/C11H15Cl2NO/c1-4-14(2)7-8-5-9(12)6-10(13)11(8)15-3/h5-6H,4,7H2,1-3H3.